The molecule has 0 aliphatic heterocycles. The SMILES string of the molecule is CC(N)C(=O)NC(CO)C(=O)NC(Cc1cnc[nH]1)C(=O)NCC(=O)O. The molecule has 144 valence electrons. The van der Waals surface area contributed by atoms with Gasteiger partial charge in [0, 0.05) is 18.3 Å². The molecule has 1 heterocycles. The highest BCUT2D eigenvalue weighted by atomic mass is 16.4. The summed E-state index contributed by atoms with van der Waals surface area (Å²) in [6, 6.07) is -3.36. The first kappa shape index (κ1) is 21.1. The van der Waals surface area contributed by atoms with E-state index in [1.165, 1.54) is 19.4 Å². The van der Waals surface area contributed by atoms with Crippen molar-refractivity contribution in [3.05, 3.63) is 18.2 Å². The number of carbonyl (C=O) groups excluding carboxylic acids is 3. The Kier molecular flexibility index (Phi) is 8.18. The second-order valence-corrected chi connectivity index (χ2v) is 5.49. The van der Waals surface area contributed by atoms with Crippen molar-refractivity contribution in [2.75, 3.05) is 13.2 Å². The van der Waals surface area contributed by atoms with Crippen molar-refractivity contribution in [3.8, 4) is 0 Å². The largest absolute Gasteiger partial charge is 0.480 e. The Bertz CT molecular complexity index is 632. The van der Waals surface area contributed by atoms with E-state index in [0.717, 1.165) is 0 Å². The van der Waals surface area contributed by atoms with Gasteiger partial charge in [-0.05, 0) is 6.92 Å². The van der Waals surface area contributed by atoms with Gasteiger partial charge < -0.3 is 36.9 Å². The number of aromatic nitrogens is 2. The van der Waals surface area contributed by atoms with E-state index >= 15 is 0 Å². The Morgan fingerprint density at radius 3 is 2.35 bits per heavy atom. The molecule has 0 bridgehead atoms. The van der Waals surface area contributed by atoms with E-state index in [1.54, 1.807) is 0 Å². The van der Waals surface area contributed by atoms with Crippen molar-refractivity contribution < 1.29 is 29.4 Å². The fraction of sp³-hybridized carbons (Fsp3) is 0.500. The summed E-state index contributed by atoms with van der Waals surface area (Å²) in [5.74, 6) is -3.47. The zero-order valence-electron chi connectivity index (χ0n) is 14.1. The van der Waals surface area contributed by atoms with E-state index < -0.39 is 55.0 Å². The molecule has 1 aromatic heterocycles. The molecular formula is C14H22N6O6. The van der Waals surface area contributed by atoms with Crippen LogP contribution in [0.15, 0.2) is 12.5 Å². The van der Waals surface area contributed by atoms with Gasteiger partial charge in [0.2, 0.25) is 17.7 Å². The van der Waals surface area contributed by atoms with Crippen LogP contribution in [0.4, 0.5) is 0 Å². The number of aliphatic hydroxyl groups excluding tert-OH is 1. The summed E-state index contributed by atoms with van der Waals surface area (Å²) in [6.45, 7) is 0.0684. The topological polar surface area (TPSA) is 200 Å². The number of nitrogens with two attached hydrogens (primary N) is 1. The van der Waals surface area contributed by atoms with E-state index in [0.29, 0.717) is 5.69 Å². The molecule has 1 rings (SSSR count). The predicted octanol–water partition coefficient (Wildman–Crippen LogP) is -3.54. The van der Waals surface area contributed by atoms with Gasteiger partial charge in [-0.15, -0.1) is 0 Å². The van der Waals surface area contributed by atoms with Crippen LogP contribution in [-0.2, 0) is 25.6 Å². The van der Waals surface area contributed by atoms with Crippen molar-refractivity contribution in [3.63, 3.8) is 0 Å². The van der Waals surface area contributed by atoms with E-state index in [-0.39, 0.29) is 6.42 Å². The number of H-pyrrole nitrogens is 1. The van der Waals surface area contributed by atoms with Crippen LogP contribution in [0, 0.1) is 0 Å². The molecule has 3 atom stereocenters. The minimum absolute atomic E-state index is 0.00339. The Hall–Kier alpha value is -2.99. The Balaban J connectivity index is 2.81. The Morgan fingerprint density at radius 1 is 1.19 bits per heavy atom. The zero-order valence-corrected chi connectivity index (χ0v) is 14.1. The summed E-state index contributed by atoms with van der Waals surface area (Å²) in [7, 11) is 0. The number of hydrogen-bond donors (Lipinski definition) is 7. The number of carboxylic acid groups (broad SMARTS) is 1. The number of hydrogen-bond acceptors (Lipinski definition) is 7. The van der Waals surface area contributed by atoms with E-state index in [4.69, 9.17) is 10.8 Å². The fourth-order valence-corrected chi connectivity index (χ4v) is 1.88. The molecule has 3 unspecified atom stereocenters. The van der Waals surface area contributed by atoms with Crippen molar-refractivity contribution in [2.45, 2.75) is 31.5 Å². The van der Waals surface area contributed by atoms with Crippen molar-refractivity contribution >= 4 is 23.7 Å². The third-order valence-electron chi connectivity index (χ3n) is 3.25. The standard InChI is InChI=1S/C14H22N6O6/c1-7(15)12(24)20-10(5-21)14(26)19-9(2-8-3-16-6-18-8)13(25)17-4-11(22)23/h3,6-7,9-10,21H,2,4-5,15H2,1H3,(H,16,18)(H,17,25)(H,19,26)(H,20,24)(H,22,23). The van der Waals surface area contributed by atoms with Crippen molar-refractivity contribution in [1.29, 1.82) is 0 Å². The second kappa shape index (κ2) is 10.1. The van der Waals surface area contributed by atoms with Gasteiger partial charge in [-0.1, -0.05) is 0 Å². The molecule has 0 aliphatic carbocycles. The maximum Gasteiger partial charge on any atom is 0.322 e. The predicted molar refractivity (Wildman–Crippen MR) is 87.5 cm³/mol. The fourth-order valence-electron chi connectivity index (χ4n) is 1.88. The summed E-state index contributed by atoms with van der Waals surface area (Å²) in [6.07, 6.45) is 2.81. The van der Waals surface area contributed by atoms with Crippen LogP contribution in [0.5, 0.6) is 0 Å². The van der Waals surface area contributed by atoms with Crippen LogP contribution in [0.3, 0.4) is 0 Å². The number of aromatic amines is 1. The van der Waals surface area contributed by atoms with Gasteiger partial charge in [0.25, 0.3) is 0 Å². The van der Waals surface area contributed by atoms with Gasteiger partial charge in [0.05, 0.1) is 19.0 Å². The molecule has 3 amide bonds. The summed E-state index contributed by atoms with van der Waals surface area (Å²) < 4.78 is 0. The van der Waals surface area contributed by atoms with E-state index in [2.05, 4.69) is 25.9 Å². The number of carbonyl (C=O) groups is 4. The number of nitrogens with one attached hydrogen (secondary N) is 4. The van der Waals surface area contributed by atoms with Crippen LogP contribution in [0.2, 0.25) is 0 Å². The first-order chi connectivity index (χ1) is 12.2. The molecule has 8 N–H and O–H groups in total. The van der Waals surface area contributed by atoms with Gasteiger partial charge in [-0.3, -0.25) is 19.2 Å². The lowest BCUT2D eigenvalue weighted by atomic mass is 10.1. The smallest absolute Gasteiger partial charge is 0.322 e. The van der Waals surface area contributed by atoms with Gasteiger partial charge in [0.1, 0.15) is 18.6 Å². The van der Waals surface area contributed by atoms with Crippen molar-refractivity contribution in [2.24, 2.45) is 5.73 Å². The van der Waals surface area contributed by atoms with Gasteiger partial charge in [-0.2, -0.15) is 0 Å². The maximum absolute atomic E-state index is 12.3. The Labute approximate surface area is 148 Å². The first-order valence-electron chi connectivity index (χ1n) is 7.68. The van der Waals surface area contributed by atoms with Crippen LogP contribution >= 0.6 is 0 Å². The molecular weight excluding hydrogens is 348 g/mol. The molecule has 12 nitrogen and oxygen atoms in total. The molecule has 0 fully saturated rings. The molecule has 0 saturated heterocycles. The van der Waals surface area contributed by atoms with Crippen LogP contribution in [0.1, 0.15) is 12.6 Å². The summed E-state index contributed by atoms with van der Waals surface area (Å²) in [5.41, 5.74) is 5.91. The number of imidazole rings is 1. The van der Waals surface area contributed by atoms with Crippen LogP contribution < -0.4 is 21.7 Å². The van der Waals surface area contributed by atoms with Gasteiger partial charge in [0.15, 0.2) is 0 Å². The molecule has 0 radical (unpaired) electrons. The third kappa shape index (κ3) is 6.86. The number of amides is 3. The number of nitrogens with zero attached hydrogens (tertiary/aromatic N) is 1. The average Bonchev–Trinajstić information content (AvgIpc) is 3.09. The summed E-state index contributed by atoms with van der Waals surface area (Å²) in [4.78, 5) is 53.2. The molecule has 0 aliphatic rings. The lowest BCUT2D eigenvalue weighted by molar-refractivity contribution is -0.138. The minimum atomic E-state index is -1.31. The zero-order chi connectivity index (χ0) is 19.7. The highest BCUT2D eigenvalue weighted by Gasteiger charge is 2.27. The maximum atomic E-state index is 12.3. The van der Waals surface area contributed by atoms with E-state index in [1.807, 2.05) is 0 Å². The molecule has 1 aromatic rings. The lowest BCUT2D eigenvalue weighted by Gasteiger charge is -2.22. The van der Waals surface area contributed by atoms with Gasteiger partial charge >= 0.3 is 5.97 Å². The molecule has 0 spiro atoms. The molecule has 12 heteroatoms. The number of rotatable bonds is 10. The van der Waals surface area contributed by atoms with Crippen LogP contribution in [-0.4, -0.2) is 75.1 Å². The Morgan fingerprint density at radius 2 is 1.85 bits per heavy atom. The van der Waals surface area contributed by atoms with E-state index in [9.17, 15) is 24.3 Å². The molecule has 0 aromatic carbocycles. The summed E-state index contributed by atoms with van der Waals surface area (Å²) in [5, 5.41) is 24.7. The lowest BCUT2D eigenvalue weighted by Crippen LogP contribution is -2.57. The molecule has 0 saturated carbocycles. The van der Waals surface area contributed by atoms with Gasteiger partial charge in [-0.25, -0.2) is 4.98 Å². The summed E-state index contributed by atoms with van der Waals surface area (Å²) >= 11 is 0. The second-order valence-electron chi connectivity index (χ2n) is 5.49. The first-order valence-corrected chi connectivity index (χ1v) is 7.68. The quantitative estimate of drug-likeness (QED) is 0.219. The number of aliphatic carboxylic acids is 1. The monoisotopic (exact) mass is 370 g/mol. The van der Waals surface area contributed by atoms with Crippen LogP contribution in [0.25, 0.3) is 0 Å². The number of aliphatic hydroxyl groups is 1. The highest BCUT2D eigenvalue weighted by molar-refractivity contribution is 5.93. The minimum Gasteiger partial charge on any atom is -0.480 e. The average molecular weight is 370 g/mol. The highest BCUT2D eigenvalue weighted by Crippen LogP contribution is 2.00. The van der Waals surface area contributed by atoms with Crippen molar-refractivity contribution in [1.82, 2.24) is 25.9 Å². The third-order valence-corrected chi connectivity index (χ3v) is 3.25. The normalized spacial score (nSPS) is 14.0. The number of carboxylic acids is 1. The molecule has 26 heavy (non-hydrogen) atoms.